The molecular weight excluding hydrogens is 381 g/mol. The first-order valence-corrected chi connectivity index (χ1v) is 8.26. The van der Waals surface area contributed by atoms with Crippen molar-refractivity contribution in [3.8, 4) is 0 Å². The molecule has 2 aromatic rings. The Labute approximate surface area is 137 Å². The molecule has 0 spiro atoms. The molecule has 1 N–H and O–H groups in total. The normalized spacial score (nSPS) is 18.2. The fourth-order valence-corrected chi connectivity index (χ4v) is 3.72. The maximum absolute atomic E-state index is 5.50. The van der Waals surface area contributed by atoms with Gasteiger partial charge in [0.1, 0.15) is 0 Å². The van der Waals surface area contributed by atoms with E-state index in [9.17, 15) is 0 Å². The molecule has 0 radical (unpaired) electrons. The van der Waals surface area contributed by atoms with Gasteiger partial charge in [0.05, 0.1) is 11.0 Å². The van der Waals surface area contributed by atoms with Crippen LogP contribution in [0.25, 0.3) is 11.0 Å². The van der Waals surface area contributed by atoms with Crippen molar-refractivity contribution in [1.29, 1.82) is 0 Å². The number of benzene rings is 1. The smallest absolute Gasteiger partial charge is 0.178 e. The lowest BCUT2D eigenvalue weighted by Gasteiger charge is -2.26. The van der Waals surface area contributed by atoms with Crippen molar-refractivity contribution in [1.82, 2.24) is 14.5 Å². The standard InChI is InChI=1S/C15H18IN3S/c1-9(2)6-18-8-11-12(16)4-5-13-14(11)19(7-10(18)3)15(20)17-13/h4-6,10H,7-8H2,1-3H3,(H,17,20)/t10-/m0/s1. The van der Waals surface area contributed by atoms with Gasteiger partial charge >= 0.3 is 0 Å². The monoisotopic (exact) mass is 399 g/mol. The molecule has 1 aliphatic heterocycles. The fraction of sp³-hybridized carbons (Fsp3) is 0.400. The first-order valence-electron chi connectivity index (χ1n) is 6.78. The molecule has 106 valence electrons. The largest absolute Gasteiger partial charge is 0.369 e. The van der Waals surface area contributed by atoms with Gasteiger partial charge < -0.3 is 14.5 Å². The third-order valence-electron chi connectivity index (χ3n) is 3.76. The first-order chi connectivity index (χ1) is 9.47. The highest BCUT2D eigenvalue weighted by Crippen LogP contribution is 2.29. The van der Waals surface area contributed by atoms with Crippen LogP contribution in [0, 0.1) is 8.34 Å². The molecular formula is C15H18IN3S. The molecule has 2 heterocycles. The lowest BCUT2D eigenvalue weighted by molar-refractivity contribution is 0.267. The van der Waals surface area contributed by atoms with Gasteiger partial charge in [-0.2, -0.15) is 0 Å². The molecule has 1 aromatic heterocycles. The minimum atomic E-state index is 0.429. The molecule has 0 amide bonds. The summed E-state index contributed by atoms with van der Waals surface area (Å²) in [5.41, 5.74) is 5.13. The minimum absolute atomic E-state index is 0.429. The Morgan fingerprint density at radius 3 is 2.90 bits per heavy atom. The van der Waals surface area contributed by atoms with E-state index >= 15 is 0 Å². The van der Waals surface area contributed by atoms with Gasteiger partial charge in [-0.3, -0.25) is 0 Å². The zero-order chi connectivity index (χ0) is 14.4. The summed E-state index contributed by atoms with van der Waals surface area (Å²) in [6.07, 6.45) is 2.26. The molecule has 1 aliphatic rings. The van der Waals surface area contributed by atoms with Crippen LogP contribution < -0.4 is 0 Å². The number of aromatic nitrogens is 2. The number of halogens is 1. The number of hydrogen-bond acceptors (Lipinski definition) is 2. The third-order valence-corrected chi connectivity index (χ3v) is 5.09. The second kappa shape index (κ2) is 5.18. The Hall–Kier alpha value is -0.820. The Bertz CT molecular complexity index is 752. The Morgan fingerprint density at radius 2 is 2.20 bits per heavy atom. The van der Waals surface area contributed by atoms with E-state index in [1.54, 1.807) is 0 Å². The highest BCUT2D eigenvalue weighted by Gasteiger charge is 2.22. The summed E-state index contributed by atoms with van der Waals surface area (Å²) in [4.78, 5) is 5.76. The van der Waals surface area contributed by atoms with Gasteiger partial charge in [0.25, 0.3) is 0 Å². The second-order valence-electron chi connectivity index (χ2n) is 5.69. The van der Waals surface area contributed by atoms with E-state index in [1.807, 2.05) is 0 Å². The molecule has 1 aromatic carbocycles. The highest BCUT2D eigenvalue weighted by atomic mass is 127. The fourth-order valence-electron chi connectivity index (χ4n) is 2.84. The minimum Gasteiger partial charge on any atom is -0.369 e. The SMILES string of the molecule is CC(C)=CN1Cc2c(I)ccc3[nH]c(=S)n(c23)C[C@@H]1C. The summed E-state index contributed by atoms with van der Waals surface area (Å²) >= 11 is 7.93. The number of H-pyrrole nitrogens is 1. The van der Waals surface area contributed by atoms with Crippen molar-refractivity contribution >= 4 is 45.8 Å². The van der Waals surface area contributed by atoms with Crippen LogP contribution in [0.15, 0.2) is 23.9 Å². The number of rotatable bonds is 1. The van der Waals surface area contributed by atoms with E-state index in [2.05, 4.69) is 76.1 Å². The number of nitrogens with zero attached hydrogens (tertiary/aromatic N) is 2. The molecule has 0 unspecified atom stereocenters. The van der Waals surface area contributed by atoms with Gasteiger partial charge in [-0.25, -0.2) is 0 Å². The molecule has 0 saturated carbocycles. The predicted molar refractivity (Wildman–Crippen MR) is 94.3 cm³/mol. The zero-order valence-corrected chi connectivity index (χ0v) is 14.9. The number of aromatic amines is 1. The number of hydrogen-bond donors (Lipinski definition) is 1. The maximum atomic E-state index is 5.50. The van der Waals surface area contributed by atoms with Crippen molar-refractivity contribution in [3.05, 3.63) is 37.8 Å². The van der Waals surface area contributed by atoms with Crippen LogP contribution in [0.4, 0.5) is 0 Å². The van der Waals surface area contributed by atoms with Crippen LogP contribution in [-0.2, 0) is 13.1 Å². The Kier molecular flexibility index (Phi) is 3.66. The first kappa shape index (κ1) is 14.1. The van der Waals surface area contributed by atoms with Gasteiger partial charge in [0.2, 0.25) is 0 Å². The van der Waals surface area contributed by atoms with E-state index < -0.39 is 0 Å². The van der Waals surface area contributed by atoms with Crippen LogP contribution in [-0.4, -0.2) is 20.5 Å². The summed E-state index contributed by atoms with van der Waals surface area (Å²) in [6.45, 7) is 8.43. The lowest BCUT2D eigenvalue weighted by Crippen LogP contribution is -2.30. The summed E-state index contributed by atoms with van der Waals surface area (Å²) < 4.78 is 4.39. The van der Waals surface area contributed by atoms with Crippen molar-refractivity contribution < 1.29 is 0 Å². The van der Waals surface area contributed by atoms with E-state index in [4.69, 9.17) is 12.2 Å². The number of imidazole rings is 1. The van der Waals surface area contributed by atoms with Gasteiger partial charge in [0.15, 0.2) is 4.77 Å². The maximum Gasteiger partial charge on any atom is 0.178 e. The Balaban J connectivity index is 2.25. The van der Waals surface area contributed by atoms with Crippen molar-refractivity contribution in [2.45, 2.75) is 39.9 Å². The lowest BCUT2D eigenvalue weighted by atomic mass is 10.1. The van der Waals surface area contributed by atoms with Gasteiger partial charge in [-0.05, 0) is 73.9 Å². The van der Waals surface area contributed by atoms with Crippen LogP contribution in [0.3, 0.4) is 0 Å². The van der Waals surface area contributed by atoms with E-state index in [0.717, 1.165) is 23.4 Å². The number of allylic oxidation sites excluding steroid dienone is 1. The summed E-state index contributed by atoms with van der Waals surface area (Å²) in [7, 11) is 0. The van der Waals surface area contributed by atoms with Gasteiger partial charge in [-0.15, -0.1) is 0 Å². The second-order valence-corrected chi connectivity index (χ2v) is 7.24. The average Bonchev–Trinajstić information content (AvgIpc) is 2.59. The van der Waals surface area contributed by atoms with E-state index in [1.165, 1.54) is 20.2 Å². The predicted octanol–water partition coefficient (Wildman–Crippen LogP) is 4.43. The van der Waals surface area contributed by atoms with Crippen molar-refractivity contribution in [3.63, 3.8) is 0 Å². The van der Waals surface area contributed by atoms with Crippen LogP contribution in [0.5, 0.6) is 0 Å². The molecule has 5 heteroatoms. The summed E-state index contributed by atoms with van der Waals surface area (Å²) in [5.74, 6) is 0. The average molecular weight is 399 g/mol. The summed E-state index contributed by atoms with van der Waals surface area (Å²) in [5, 5.41) is 0. The Morgan fingerprint density at radius 1 is 1.45 bits per heavy atom. The molecule has 20 heavy (non-hydrogen) atoms. The van der Waals surface area contributed by atoms with E-state index in [0.29, 0.717) is 6.04 Å². The molecule has 0 saturated heterocycles. The van der Waals surface area contributed by atoms with Crippen LogP contribution in [0.2, 0.25) is 0 Å². The molecule has 3 nitrogen and oxygen atoms in total. The molecule has 0 aliphatic carbocycles. The van der Waals surface area contributed by atoms with Crippen LogP contribution >= 0.6 is 34.8 Å². The molecule has 1 atom stereocenters. The van der Waals surface area contributed by atoms with E-state index in [-0.39, 0.29) is 0 Å². The van der Waals surface area contributed by atoms with Gasteiger partial charge in [0, 0.05) is 28.3 Å². The zero-order valence-electron chi connectivity index (χ0n) is 11.9. The summed E-state index contributed by atoms with van der Waals surface area (Å²) in [6, 6.07) is 4.73. The quantitative estimate of drug-likeness (QED) is 0.567. The highest BCUT2D eigenvalue weighted by molar-refractivity contribution is 14.1. The van der Waals surface area contributed by atoms with Crippen molar-refractivity contribution in [2.75, 3.05) is 0 Å². The van der Waals surface area contributed by atoms with Crippen LogP contribution in [0.1, 0.15) is 26.3 Å². The topological polar surface area (TPSA) is 24.0 Å². The van der Waals surface area contributed by atoms with Crippen molar-refractivity contribution in [2.24, 2.45) is 0 Å². The molecule has 0 fully saturated rings. The molecule has 3 rings (SSSR count). The molecule has 0 bridgehead atoms. The van der Waals surface area contributed by atoms with Gasteiger partial charge in [-0.1, -0.05) is 5.57 Å². The number of nitrogens with one attached hydrogen (secondary N) is 1. The third kappa shape index (κ3) is 2.30.